The van der Waals surface area contributed by atoms with Crippen LogP contribution in [-0.2, 0) is 14.3 Å². The Balaban J connectivity index is 2.25. The minimum atomic E-state index is -1.02. The van der Waals surface area contributed by atoms with Crippen LogP contribution in [0.15, 0.2) is 0 Å². The van der Waals surface area contributed by atoms with Crippen molar-refractivity contribution in [3.63, 3.8) is 0 Å². The lowest BCUT2D eigenvalue weighted by molar-refractivity contribution is -0.142. The summed E-state index contributed by atoms with van der Waals surface area (Å²) in [5.74, 6) is -0.911. The van der Waals surface area contributed by atoms with Crippen LogP contribution in [0.5, 0.6) is 0 Å². The Bertz CT molecular complexity index is 295. The summed E-state index contributed by atoms with van der Waals surface area (Å²) in [4.78, 5) is 22.7. The number of carboxylic acids is 1. The largest absolute Gasteiger partial charge is 0.480 e. The summed E-state index contributed by atoms with van der Waals surface area (Å²) in [6.07, 6.45) is 2.41. The predicted octanol–water partition coefficient (Wildman–Crippen LogP) is 0.0775. The van der Waals surface area contributed by atoms with E-state index in [1.165, 1.54) is 7.11 Å². The third-order valence-corrected chi connectivity index (χ3v) is 4.35. The number of thioether (sulfide) groups is 1. The molecule has 0 spiro atoms. The van der Waals surface area contributed by atoms with Crippen molar-refractivity contribution in [1.82, 2.24) is 10.6 Å². The number of ether oxygens (including phenoxy) is 1. The summed E-state index contributed by atoms with van der Waals surface area (Å²) in [7, 11) is 1.51. The highest BCUT2D eigenvalue weighted by molar-refractivity contribution is 8.00. The van der Waals surface area contributed by atoms with Crippen molar-refractivity contribution < 1.29 is 19.4 Å². The standard InChI is InChI=1S/C12H22N2O4S/c1-18-7-4-10(12(16)17)14-11(15)8-19-9-2-5-13-6-3-9/h9-10,13H,2-8H2,1H3,(H,14,15)(H,16,17). The molecule has 6 nitrogen and oxygen atoms in total. The summed E-state index contributed by atoms with van der Waals surface area (Å²) >= 11 is 1.61. The number of hydrogen-bond donors (Lipinski definition) is 3. The second kappa shape index (κ2) is 9.17. The molecule has 1 amide bonds. The van der Waals surface area contributed by atoms with Crippen LogP contribution in [0.2, 0.25) is 0 Å². The molecule has 0 radical (unpaired) electrons. The lowest BCUT2D eigenvalue weighted by atomic mass is 10.2. The van der Waals surface area contributed by atoms with Gasteiger partial charge in [0, 0.05) is 25.4 Å². The van der Waals surface area contributed by atoms with Crippen molar-refractivity contribution in [2.45, 2.75) is 30.6 Å². The maximum atomic E-state index is 11.7. The van der Waals surface area contributed by atoms with Crippen LogP contribution >= 0.6 is 11.8 Å². The monoisotopic (exact) mass is 290 g/mol. The molecule has 1 rings (SSSR count). The maximum absolute atomic E-state index is 11.7. The lowest BCUT2D eigenvalue weighted by Gasteiger charge is -2.22. The molecule has 1 unspecified atom stereocenters. The Kier molecular flexibility index (Phi) is 7.85. The summed E-state index contributed by atoms with van der Waals surface area (Å²) in [6, 6.07) is -0.860. The quantitative estimate of drug-likeness (QED) is 0.587. The van der Waals surface area contributed by atoms with Crippen LogP contribution in [0.3, 0.4) is 0 Å². The molecular weight excluding hydrogens is 268 g/mol. The number of rotatable bonds is 8. The molecule has 1 saturated heterocycles. The number of carboxylic acid groups (broad SMARTS) is 1. The predicted molar refractivity (Wildman–Crippen MR) is 74.4 cm³/mol. The number of methoxy groups -OCH3 is 1. The maximum Gasteiger partial charge on any atom is 0.326 e. The molecule has 0 bridgehead atoms. The van der Waals surface area contributed by atoms with E-state index < -0.39 is 12.0 Å². The Morgan fingerprint density at radius 2 is 2.16 bits per heavy atom. The van der Waals surface area contributed by atoms with Crippen molar-refractivity contribution >= 4 is 23.6 Å². The first-order chi connectivity index (χ1) is 9.13. The van der Waals surface area contributed by atoms with E-state index in [4.69, 9.17) is 9.84 Å². The van der Waals surface area contributed by atoms with Crippen LogP contribution in [0.25, 0.3) is 0 Å². The van der Waals surface area contributed by atoms with E-state index in [2.05, 4.69) is 10.6 Å². The van der Waals surface area contributed by atoms with E-state index in [-0.39, 0.29) is 12.3 Å². The molecule has 1 aliphatic rings. The topological polar surface area (TPSA) is 87.7 Å². The number of aliphatic carboxylic acids is 1. The van der Waals surface area contributed by atoms with E-state index >= 15 is 0 Å². The highest BCUT2D eigenvalue weighted by Crippen LogP contribution is 2.19. The molecule has 0 aromatic heterocycles. The van der Waals surface area contributed by atoms with Crippen molar-refractivity contribution in [1.29, 1.82) is 0 Å². The molecule has 0 aromatic rings. The van der Waals surface area contributed by atoms with E-state index in [0.717, 1.165) is 25.9 Å². The van der Waals surface area contributed by atoms with Gasteiger partial charge >= 0.3 is 5.97 Å². The van der Waals surface area contributed by atoms with Gasteiger partial charge in [0.2, 0.25) is 5.91 Å². The average molecular weight is 290 g/mol. The molecule has 1 heterocycles. The molecule has 1 fully saturated rings. The molecule has 0 aliphatic carbocycles. The zero-order valence-electron chi connectivity index (χ0n) is 11.2. The first-order valence-electron chi connectivity index (χ1n) is 6.47. The van der Waals surface area contributed by atoms with Gasteiger partial charge in [-0.1, -0.05) is 0 Å². The number of carbonyl (C=O) groups is 2. The zero-order valence-corrected chi connectivity index (χ0v) is 12.0. The minimum Gasteiger partial charge on any atom is -0.480 e. The van der Waals surface area contributed by atoms with Crippen LogP contribution in [-0.4, -0.2) is 60.8 Å². The number of hydrogen-bond acceptors (Lipinski definition) is 5. The summed E-state index contributed by atoms with van der Waals surface area (Å²) < 4.78 is 4.83. The van der Waals surface area contributed by atoms with E-state index in [9.17, 15) is 9.59 Å². The number of amides is 1. The second-order valence-electron chi connectivity index (χ2n) is 4.50. The fourth-order valence-electron chi connectivity index (χ4n) is 1.88. The van der Waals surface area contributed by atoms with Crippen LogP contribution in [0, 0.1) is 0 Å². The molecule has 0 saturated carbocycles. The van der Waals surface area contributed by atoms with Gasteiger partial charge in [0.05, 0.1) is 5.75 Å². The SMILES string of the molecule is COCCC(NC(=O)CSC1CCNCC1)C(=O)O. The molecule has 7 heteroatoms. The van der Waals surface area contributed by atoms with Gasteiger partial charge in [-0.05, 0) is 25.9 Å². The number of nitrogens with one attached hydrogen (secondary N) is 2. The van der Waals surface area contributed by atoms with Crippen molar-refractivity contribution in [2.24, 2.45) is 0 Å². The Morgan fingerprint density at radius 3 is 2.74 bits per heavy atom. The zero-order chi connectivity index (χ0) is 14.1. The van der Waals surface area contributed by atoms with Gasteiger partial charge in [-0.2, -0.15) is 0 Å². The smallest absolute Gasteiger partial charge is 0.326 e. The molecule has 1 aliphatic heterocycles. The third kappa shape index (κ3) is 6.79. The first-order valence-corrected chi connectivity index (χ1v) is 7.51. The van der Waals surface area contributed by atoms with Crippen molar-refractivity contribution in [3.8, 4) is 0 Å². The highest BCUT2D eigenvalue weighted by atomic mass is 32.2. The Hall–Kier alpha value is -0.790. The average Bonchev–Trinajstić information content (AvgIpc) is 2.42. The number of carbonyl (C=O) groups excluding carboxylic acids is 1. The Morgan fingerprint density at radius 1 is 1.47 bits per heavy atom. The Labute approximate surface area is 117 Å². The number of piperidine rings is 1. The van der Waals surface area contributed by atoms with Gasteiger partial charge in [0.25, 0.3) is 0 Å². The van der Waals surface area contributed by atoms with Gasteiger partial charge in [0.15, 0.2) is 0 Å². The van der Waals surface area contributed by atoms with Crippen LogP contribution in [0.1, 0.15) is 19.3 Å². The fraction of sp³-hybridized carbons (Fsp3) is 0.833. The molecular formula is C12H22N2O4S. The summed E-state index contributed by atoms with van der Waals surface area (Å²) in [5, 5.41) is 15.3. The third-order valence-electron chi connectivity index (χ3n) is 2.98. The second-order valence-corrected chi connectivity index (χ2v) is 5.79. The highest BCUT2D eigenvalue weighted by Gasteiger charge is 2.21. The van der Waals surface area contributed by atoms with Crippen molar-refractivity contribution in [2.75, 3.05) is 32.6 Å². The normalized spacial score (nSPS) is 17.9. The van der Waals surface area contributed by atoms with Gasteiger partial charge in [0.1, 0.15) is 6.04 Å². The molecule has 3 N–H and O–H groups in total. The van der Waals surface area contributed by atoms with Gasteiger partial charge in [-0.3, -0.25) is 4.79 Å². The fourth-order valence-corrected chi connectivity index (χ4v) is 2.92. The van der Waals surface area contributed by atoms with E-state index in [0.29, 0.717) is 17.6 Å². The van der Waals surface area contributed by atoms with Gasteiger partial charge < -0.3 is 20.5 Å². The molecule has 1 atom stereocenters. The van der Waals surface area contributed by atoms with Gasteiger partial charge in [-0.25, -0.2) is 4.79 Å². The van der Waals surface area contributed by atoms with E-state index in [1.807, 2.05) is 0 Å². The first kappa shape index (κ1) is 16.3. The van der Waals surface area contributed by atoms with Crippen LogP contribution < -0.4 is 10.6 Å². The molecule has 110 valence electrons. The summed E-state index contributed by atoms with van der Waals surface area (Å²) in [5.41, 5.74) is 0. The molecule has 19 heavy (non-hydrogen) atoms. The van der Waals surface area contributed by atoms with Crippen LogP contribution in [0.4, 0.5) is 0 Å². The summed E-state index contributed by atoms with van der Waals surface area (Å²) in [6.45, 7) is 2.30. The minimum absolute atomic E-state index is 0.216. The van der Waals surface area contributed by atoms with E-state index in [1.54, 1.807) is 11.8 Å². The molecule has 0 aromatic carbocycles. The van der Waals surface area contributed by atoms with Crippen molar-refractivity contribution in [3.05, 3.63) is 0 Å². The lowest BCUT2D eigenvalue weighted by Crippen LogP contribution is -2.42. The van der Waals surface area contributed by atoms with Gasteiger partial charge in [-0.15, -0.1) is 11.8 Å².